The van der Waals surface area contributed by atoms with Crippen LogP contribution in [0.15, 0.2) is 94.2 Å². The van der Waals surface area contributed by atoms with Crippen molar-refractivity contribution in [2.45, 2.75) is 138 Å². The topological polar surface area (TPSA) is 512 Å². The molecule has 2 aliphatic heterocycles. The number of carboxylic acids is 1. The molecule has 31 nitrogen and oxygen atoms in total. The zero-order valence-corrected chi connectivity index (χ0v) is 54.1. The third-order valence-corrected chi connectivity index (χ3v) is 17.0. The normalized spacial score (nSPS) is 22.1. The predicted molar refractivity (Wildman–Crippen MR) is 353 cm³/mol. The number of fused-ring (bicyclic) bond motifs is 2. The first kappa shape index (κ1) is 76.7. The lowest BCUT2D eigenvalue weighted by molar-refractivity contribution is -0.192. The van der Waals surface area contributed by atoms with Crippen molar-refractivity contribution in [3.05, 3.63) is 96.1 Å². The highest BCUT2D eigenvalue weighted by molar-refractivity contribution is 8.76. The maximum atomic E-state index is 15.1. The van der Waals surface area contributed by atoms with Crippen LogP contribution in [0.1, 0.15) is 88.0 Å². The van der Waals surface area contributed by atoms with Crippen LogP contribution in [0.3, 0.4) is 0 Å². The molecule has 9 atom stereocenters. The standard InChI is InChI=1S/C58H79N19O10S2.C2HF3O2/c1-3-4-14-40-51(82)72-41(16-9-20-65-57(60)61)53(84)77-45(25-37-27-64-31-69-37)55(86)75-43(23-33-18-19-34-11-5-6-12-35(34)22-33)54(85)73-42(17-10-21-66-58(62)63)52(83)76-44(24-36-26-67-39-15-8-7-13-38(36)39)50(81)68-28-48(79)71-46(49(59)80)29-88-89-30-47(56(87)74-40)70-32(2)78;3-2(4,5)1(6)7/h5-8,11-13,15,18-19,22,26-27,31,36,40-47H,3-4,9-10,14,16-17,20-21,23-25,28-30H2,1-2H3,(H2,59,80)(H,64,69)(H,68,81)(H,70,78)(H,71,79)(H,72,82)(H,73,85)(H,74,87)(H,75,86)(H,76,83)(H,77,84)(H4,60,61,65)(H4,62,63,66);(H,6,7)/t36?,40?,41?,42-,43?,44?,45-,46-,47?;/m0./s1. The molecule has 36 heteroatoms. The van der Waals surface area contributed by atoms with Gasteiger partial charge in [0.1, 0.15) is 48.3 Å². The minimum atomic E-state index is -5.08. The van der Waals surface area contributed by atoms with Gasteiger partial charge < -0.3 is 86.6 Å². The number of alkyl halides is 3. The first-order chi connectivity index (χ1) is 45.6. The van der Waals surface area contributed by atoms with Gasteiger partial charge in [-0.2, -0.15) is 13.2 Å². The number of carbonyl (C=O) groups excluding carboxylic acids is 10. The van der Waals surface area contributed by atoms with Gasteiger partial charge in [-0.25, -0.2) is 9.78 Å². The second-order valence-electron chi connectivity index (χ2n) is 22.1. The van der Waals surface area contributed by atoms with Crippen LogP contribution in [-0.2, 0) is 65.6 Å². The quantitative estimate of drug-likeness (QED) is 0.0233. The number of carbonyl (C=O) groups is 11. The van der Waals surface area contributed by atoms with Crippen molar-refractivity contribution in [2.24, 2.45) is 43.6 Å². The van der Waals surface area contributed by atoms with Crippen LogP contribution in [0.25, 0.3) is 10.8 Å². The number of guanidine groups is 2. The summed E-state index contributed by atoms with van der Waals surface area (Å²) in [6.07, 6.45) is 0.104. The third-order valence-electron chi connectivity index (χ3n) is 14.6. The zero-order valence-electron chi connectivity index (χ0n) is 52.4. The number of aliphatic carboxylic acids is 1. The number of aromatic amines is 1. The van der Waals surface area contributed by atoms with E-state index in [0.29, 0.717) is 29.8 Å². The molecule has 6 unspecified atom stereocenters. The monoisotopic (exact) mass is 1380 g/mol. The highest BCUT2D eigenvalue weighted by Crippen LogP contribution is 2.34. The number of para-hydroxylation sites is 1. The van der Waals surface area contributed by atoms with Crippen molar-refractivity contribution in [1.29, 1.82) is 0 Å². The number of H-pyrrole nitrogens is 1. The summed E-state index contributed by atoms with van der Waals surface area (Å²) >= 11 is 0. The smallest absolute Gasteiger partial charge is 0.475 e. The van der Waals surface area contributed by atoms with Gasteiger partial charge in [0.25, 0.3) is 0 Å². The second-order valence-corrected chi connectivity index (χ2v) is 24.7. The number of nitrogens with zero attached hydrogens (tertiary/aromatic N) is 4. The summed E-state index contributed by atoms with van der Waals surface area (Å²) in [4.78, 5) is 170. The maximum Gasteiger partial charge on any atom is 0.490 e. The molecule has 4 aromatic rings. The van der Waals surface area contributed by atoms with Gasteiger partial charge >= 0.3 is 12.1 Å². The Kier molecular flexibility index (Phi) is 30.7. The van der Waals surface area contributed by atoms with E-state index >= 15 is 9.59 Å². The Labute approximate surface area is 557 Å². The summed E-state index contributed by atoms with van der Waals surface area (Å²) in [5.41, 5.74) is 30.6. The van der Waals surface area contributed by atoms with Crippen LogP contribution >= 0.6 is 21.6 Å². The van der Waals surface area contributed by atoms with Crippen LogP contribution < -0.4 is 76.5 Å². The van der Waals surface area contributed by atoms with E-state index in [-0.39, 0.29) is 87.9 Å². The maximum absolute atomic E-state index is 15.1. The van der Waals surface area contributed by atoms with Crippen molar-refractivity contribution in [3.63, 3.8) is 0 Å². The molecule has 0 saturated carbocycles. The Morgan fingerprint density at radius 3 is 1.72 bits per heavy atom. The number of aromatic nitrogens is 2. The van der Waals surface area contributed by atoms with Crippen molar-refractivity contribution >= 4 is 121 Å². The lowest BCUT2D eigenvalue weighted by Gasteiger charge is -2.28. The molecule has 2 aliphatic rings. The Morgan fingerprint density at radius 2 is 1.17 bits per heavy atom. The SMILES string of the molecule is CCCCC1NC(=O)C(NC(C)=O)CSSC[C@@H](C(N)=O)NC(=O)CNC(=O)C(CC2C=Nc3ccccc32)NC(=O)[C@H](CCCN=C(N)N)NC(=O)C(Cc2ccc3ccccc3c2)NC(=O)[C@H](Cc2cnc[nH]2)NC(=O)C(CCCN=C(N)N)NC1=O.O=C(O)C(F)(F)F. The van der Waals surface area contributed by atoms with Gasteiger partial charge in [-0.05, 0) is 66.5 Å². The highest BCUT2D eigenvalue weighted by atomic mass is 33.1. The van der Waals surface area contributed by atoms with Gasteiger partial charge in [0, 0.05) is 68.4 Å². The van der Waals surface area contributed by atoms with E-state index < -0.39 is 132 Å². The number of unbranched alkanes of at least 4 members (excludes halogenated alkanes) is 1. The molecule has 520 valence electrons. The van der Waals surface area contributed by atoms with Gasteiger partial charge in [0.15, 0.2) is 11.9 Å². The van der Waals surface area contributed by atoms with Gasteiger partial charge in [0.2, 0.25) is 59.1 Å². The largest absolute Gasteiger partial charge is 0.490 e. The number of hydrogen-bond acceptors (Lipinski definition) is 17. The molecular weight excluding hydrogens is 1300 g/mol. The molecule has 96 heavy (non-hydrogen) atoms. The number of nitrogens with one attached hydrogen (secondary N) is 10. The average Bonchev–Trinajstić information content (AvgIpc) is 1.61. The minimum Gasteiger partial charge on any atom is -0.475 e. The molecule has 10 amide bonds. The molecule has 1 aromatic heterocycles. The van der Waals surface area contributed by atoms with Crippen LogP contribution in [0.5, 0.6) is 0 Å². The summed E-state index contributed by atoms with van der Waals surface area (Å²) < 4.78 is 31.7. The number of benzene rings is 3. The molecule has 0 spiro atoms. The van der Waals surface area contributed by atoms with Crippen LogP contribution in [0, 0.1) is 0 Å². The number of aliphatic imine (C=N–C) groups is 3. The van der Waals surface area contributed by atoms with Gasteiger partial charge in [-0.1, -0.05) is 102 Å². The number of halogens is 3. The minimum absolute atomic E-state index is 0.0212. The summed E-state index contributed by atoms with van der Waals surface area (Å²) in [6.45, 7) is 2.44. The van der Waals surface area contributed by atoms with E-state index in [1.165, 1.54) is 19.4 Å². The molecule has 0 aliphatic carbocycles. The van der Waals surface area contributed by atoms with Crippen LogP contribution in [0.2, 0.25) is 0 Å². The van der Waals surface area contributed by atoms with E-state index in [2.05, 4.69) is 72.8 Å². The third kappa shape index (κ3) is 26.1. The molecule has 0 bridgehead atoms. The van der Waals surface area contributed by atoms with Gasteiger partial charge in [-0.3, -0.25) is 62.9 Å². The van der Waals surface area contributed by atoms with E-state index in [1.54, 1.807) is 30.5 Å². The Bertz CT molecular complexity index is 3470. The van der Waals surface area contributed by atoms with Crippen molar-refractivity contribution in [3.8, 4) is 0 Å². The summed E-state index contributed by atoms with van der Waals surface area (Å²) in [6, 6.07) is 9.19. The highest BCUT2D eigenvalue weighted by Gasteiger charge is 2.39. The second kappa shape index (κ2) is 38.4. The van der Waals surface area contributed by atoms with Crippen LogP contribution in [0.4, 0.5) is 18.9 Å². The summed E-state index contributed by atoms with van der Waals surface area (Å²) in [5, 5.41) is 33.1. The van der Waals surface area contributed by atoms with Crippen molar-refractivity contribution in [2.75, 3.05) is 31.1 Å². The first-order valence-corrected chi connectivity index (χ1v) is 32.8. The van der Waals surface area contributed by atoms with Gasteiger partial charge in [-0.15, -0.1) is 0 Å². The molecule has 21 N–H and O–H groups in total. The van der Waals surface area contributed by atoms with Crippen molar-refractivity contribution < 1.29 is 71.0 Å². The number of nitrogens with two attached hydrogens (primary N) is 5. The van der Waals surface area contributed by atoms with Crippen LogP contribution in [-0.4, -0.2) is 184 Å². The lowest BCUT2D eigenvalue weighted by Crippen LogP contribution is -2.61. The fraction of sp³-hybridized carbons (Fsp3) is 0.450. The number of primary amides is 1. The lowest BCUT2D eigenvalue weighted by atomic mass is 9.93. The predicted octanol–water partition coefficient (Wildman–Crippen LogP) is -0.937. The Hall–Kier alpha value is -10.00. The number of imidazole rings is 1. The molecule has 3 aromatic carbocycles. The zero-order chi connectivity index (χ0) is 70.5. The Balaban J connectivity index is 0.00000225. The van der Waals surface area contributed by atoms with E-state index in [9.17, 15) is 51.5 Å². The fourth-order valence-electron chi connectivity index (χ4n) is 9.73. The summed E-state index contributed by atoms with van der Waals surface area (Å²) in [5.74, 6) is -12.1. The van der Waals surface area contributed by atoms with Crippen molar-refractivity contribution in [1.82, 2.24) is 57.8 Å². The molecule has 3 heterocycles. The Morgan fingerprint density at radius 1 is 0.646 bits per heavy atom. The van der Waals surface area contributed by atoms with Gasteiger partial charge in [0.05, 0.1) is 18.6 Å². The number of carboxylic acid groups (broad SMARTS) is 1. The summed E-state index contributed by atoms with van der Waals surface area (Å²) in [7, 11) is 2.08. The number of rotatable bonds is 19. The average molecular weight is 1380 g/mol. The molecule has 1 saturated heterocycles. The number of amides is 10. The molecule has 1 fully saturated rings. The molecular formula is C60H80F3N19O12S2. The molecule has 6 rings (SSSR count). The van der Waals surface area contributed by atoms with E-state index in [0.717, 1.165) is 37.9 Å². The fourth-order valence-corrected chi connectivity index (χ4v) is 12.1. The van der Waals surface area contributed by atoms with E-state index in [1.807, 2.05) is 49.4 Å². The number of hydrogen-bond donors (Lipinski definition) is 16. The molecule has 0 radical (unpaired) electrons. The van der Waals surface area contributed by atoms with E-state index in [4.69, 9.17) is 38.6 Å². The first-order valence-electron chi connectivity index (χ1n) is 30.3.